The smallest absolute Gasteiger partial charge is 0.234 e. The van der Waals surface area contributed by atoms with Gasteiger partial charge in [0.25, 0.3) is 0 Å². The molecule has 0 bridgehead atoms. The average molecular weight is 166 g/mol. The molecule has 1 aliphatic carbocycles. The van der Waals surface area contributed by atoms with Gasteiger partial charge < -0.3 is 5.32 Å². The Kier molecular flexibility index (Phi) is 2.37. The van der Waals surface area contributed by atoms with Crippen LogP contribution in [0.1, 0.15) is 26.7 Å². The molecule has 1 amide bonds. The summed E-state index contributed by atoms with van der Waals surface area (Å²) in [7, 11) is 0. The molecule has 1 atom stereocenters. The molecule has 0 heterocycles. The SMILES string of the molecule is CC1(C)CC1CNC(=O)CC#N. The number of hydrogen-bond donors (Lipinski definition) is 1. The molecule has 0 aromatic heterocycles. The van der Waals surface area contributed by atoms with Crippen LogP contribution in [0.3, 0.4) is 0 Å². The molecule has 0 aliphatic heterocycles. The summed E-state index contributed by atoms with van der Waals surface area (Å²) in [6, 6.07) is 1.82. The number of hydrogen-bond acceptors (Lipinski definition) is 2. The van der Waals surface area contributed by atoms with Crippen molar-refractivity contribution in [2.75, 3.05) is 6.54 Å². The van der Waals surface area contributed by atoms with E-state index in [0.717, 1.165) is 6.54 Å². The summed E-state index contributed by atoms with van der Waals surface area (Å²) in [5, 5.41) is 10.9. The van der Waals surface area contributed by atoms with Crippen molar-refractivity contribution in [1.82, 2.24) is 5.32 Å². The van der Waals surface area contributed by atoms with Gasteiger partial charge in [-0.05, 0) is 17.8 Å². The molecule has 66 valence electrons. The zero-order valence-electron chi connectivity index (χ0n) is 7.55. The van der Waals surface area contributed by atoms with E-state index in [4.69, 9.17) is 5.26 Å². The van der Waals surface area contributed by atoms with Crippen LogP contribution < -0.4 is 5.32 Å². The molecule has 0 spiro atoms. The number of carbonyl (C=O) groups is 1. The fourth-order valence-electron chi connectivity index (χ4n) is 1.30. The van der Waals surface area contributed by atoms with E-state index in [0.29, 0.717) is 11.3 Å². The van der Waals surface area contributed by atoms with Gasteiger partial charge >= 0.3 is 0 Å². The number of rotatable bonds is 3. The third-order valence-corrected chi connectivity index (χ3v) is 2.50. The first-order valence-electron chi connectivity index (χ1n) is 4.20. The summed E-state index contributed by atoms with van der Waals surface area (Å²) >= 11 is 0. The summed E-state index contributed by atoms with van der Waals surface area (Å²) in [5.41, 5.74) is 0.403. The largest absolute Gasteiger partial charge is 0.355 e. The molecule has 1 aliphatic rings. The van der Waals surface area contributed by atoms with Crippen LogP contribution in [0.4, 0.5) is 0 Å². The van der Waals surface area contributed by atoms with Gasteiger partial charge in [0, 0.05) is 6.54 Å². The zero-order valence-corrected chi connectivity index (χ0v) is 7.55. The fourth-order valence-corrected chi connectivity index (χ4v) is 1.30. The Bertz CT molecular complexity index is 227. The number of nitrogens with zero attached hydrogens (tertiary/aromatic N) is 1. The van der Waals surface area contributed by atoms with Gasteiger partial charge in [0.2, 0.25) is 5.91 Å². The van der Waals surface area contributed by atoms with Gasteiger partial charge in [0.1, 0.15) is 6.42 Å². The molecule has 0 aromatic rings. The molecule has 3 heteroatoms. The lowest BCUT2D eigenvalue weighted by atomic mass is 10.1. The van der Waals surface area contributed by atoms with E-state index < -0.39 is 0 Å². The van der Waals surface area contributed by atoms with E-state index in [1.54, 1.807) is 0 Å². The molecular weight excluding hydrogens is 152 g/mol. The second-order valence-electron chi connectivity index (χ2n) is 4.03. The Morgan fingerprint density at radius 1 is 1.75 bits per heavy atom. The van der Waals surface area contributed by atoms with Gasteiger partial charge in [-0.3, -0.25) is 4.79 Å². The zero-order chi connectivity index (χ0) is 9.19. The first-order valence-corrected chi connectivity index (χ1v) is 4.20. The maximum Gasteiger partial charge on any atom is 0.234 e. The van der Waals surface area contributed by atoms with Crippen LogP contribution in [0.5, 0.6) is 0 Å². The first-order chi connectivity index (χ1) is 5.56. The van der Waals surface area contributed by atoms with Crippen LogP contribution in [0.15, 0.2) is 0 Å². The highest BCUT2D eigenvalue weighted by atomic mass is 16.1. The highest BCUT2D eigenvalue weighted by molar-refractivity contribution is 5.77. The maximum atomic E-state index is 10.9. The van der Waals surface area contributed by atoms with Crippen LogP contribution in [-0.2, 0) is 4.79 Å². The fraction of sp³-hybridized carbons (Fsp3) is 0.778. The molecule has 1 rings (SSSR count). The van der Waals surface area contributed by atoms with Crippen molar-refractivity contribution in [1.29, 1.82) is 5.26 Å². The summed E-state index contributed by atoms with van der Waals surface area (Å²) in [6.07, 6.45) is 1.16. The Morgan fingerprint density at radius 2 is 2.33 bits per heavy atom. The number of nitrogens with one attached hydrogen (secondary N) is 1. The molecule has 0 radical (unpaired) electrons. The molecule has 1 unspecified atom stereocenters. The summed E-state index contributed by atoms with van der Waals surface area (Å²) in [4.78, 5) is 10.9. The minimum absolute atomic E-state index is 0.0207. The Balaban J connectivity index is 2.12. The maximum absolute atomic E-state index is 10.9. The molecule has 1 saturated carbocycles. The minimum Gasteiger partial charge on any atom is -0.355 e. The van der Waals surface area contributed by atoms with Crippen LogP contribution in [0.2, 0.25) is 0 Å². The monoisotopic (exact) mass is 166 g/mol. The predicted molar refractivity (Wildman–Crippen MR) is 45.1 cm³/mol. The van der Waals surface area contributed by atoms with E-state index in [1.165, 1.54) is 6.42 Å². The predicted octanol–water partition coefficient (Wildman–Crippen LogP) is 1.06. The number of carbonyl (C=O) groups excluding carboxylic acids is 1. The summed E-state index contributed by atoms with van der Waals surface area (Å²) in [5.74, 6) is 0.459. The molecule has 1 fully saturated rings. The van der Waals surface area contributed by atoms with Crippen molar-refractivity contribution in [3.63, 3.8) is 0 Å². The van der Waals surface area contributed by atoms with Crippen LogP contribution in [-0.4, -0.2) is 12.5 Å². The normalized spacial score (nSPS) is 24.2. The quantitative estimate of drug-likeness (QED) is 0.681. The van der Waals surface area contributed by atoms with Crippen LogP contribution in [0.25, 0.3) is 0 Å². The standard InChI is InChI=1S/C9H14N2O/c1-9(2)5-7(9)6-11-8(12)3-4-10/h7H,3,5-6H2,1-2H3,(H,11,12). The highest BCUT2D eigenvalue weighted by Gasteiger charge is 2.45. The van der Waals surface area contributed by atoms with E-state index in [-0.39, 0.29) is 12.3 Å². The second kappa shape index (κ2) is 3.14. The van der Waals surface area contributed by atoms with Gasteiger partial charge in [-0.15, -0.1) is 0 Å². The third-order valence-electron chi connectivity index (χ3n) is 2.50. The van der Waals surface area contributed by atoms with E-state index in [9.17, 15) is 4.79 Å². The van der Waals surface area contributed by atoms with Gasteiger partial charge in [-0.25, -0.2) is 0 Å². The average Bonchev–Trinajstić information content (AvgIpc) is 2.56. The minimum atomic E-state index is -0.153. The summed E-state index contributed by atoms with van der Waals surface area (Å²) < 4.78 is 0. The Labute approximate surface area is 72.8 Å². The second-order valence-corrected chi connectivity index (χ2v) is 4.03. The van der Waals surface area contributed by atoms with Crippen molar-refractivity contribution in [2.24, 2.45) is 11.3 Å². The van der Waals surface area contributed by atoms with Crippen molar-refractivity contribution >= 4 is 5.91 Å². The lowest BCUT2D eigenvalue weighted by Gasteiger charge is -2.03. The molecule has 0 saturated heterocycles. The van der Waals surface area contributed by atoms with Gasteiger partial charge in [-0.2, -0.15) is 5.26 Å². The van der Waals surface area contributed by atoms with Crippen LogP contribution in [0, 0.1) is 22.7 Å². The van der Waals surface area contributed by atoms with Gasteiger partial charge in [0.15, 0.2) is 0 Å². The Hall–Kier alpha value is -1.04. The molecule has 12 heavy (non-hydrogen) atoms. The lowest BCUT2D eigenvalue weighted by Crippen LogP contribution is -2.25. The van der Waals surface area contributed by atoms with Gasteiger partial charge in [-0.1, -0.05) is 13.8 Å². The third kappa shape index (κ3) is 2.23. The van der Waals surface area contributed by atoms with Crippen molar-refractivity contribution in [3.05, 3.63) is 0 Å². The molecule has 1 N–H and O–H groups in total. The van der Waals surface area contributed by atoms with E-state index in [1.807, 2.05) is 6.07 Å². The highest BCUT2D eigenvalue weighted by Crippen LogP contribution is 2.50. The Morgan fingerprint density at radius 3 is 2.75 bits per heavy atom. The molecule has 3 nitrogen and oxygen atoms in total. The number of amides is 1. The van der Waals surface area contributed by atoms with Gasteiger partial charge in [0.05, 0.1) is 6.07 Å². The first kappa shape index (κ1) is 9.05. The van der Waals surface area contributed by atoms with E-state index in [2.05, 4.69) is 19.2 Å². The van der Waals surface area contributed by atoms with Crippen molar-refractivity contribution in [3.8, 4) is 6.07 Å². The number of nitriles is 1. The lowest BCUT2D eigenvalue weighted by molar-refractivity contribution is -0.120. The van der Waals surface area contributed by atoms with Crippen molar-refractivity contribution < 1.29 is 4.79 Å². The topological polar surface area (TPSA) is 52.9 Å². The van der Waals surface area contributed by atoms with E-state index >= 15 is 0 Å². The van der Waals surface area contributed by atoms with Crippen LogP contribution >= 0.6 is 0 Å². The molecular formula is C9H14N2O. The summed E-state index contributed by atoms with van der Waals surface area (Å²) in [6.45, 7) is 5.11. The molecule has 0 aromatic carbocycles. The van der Waals surface area contributed by atoms with Crippen molar-refractivity contribution in [2.45, 2.75) is 26.7 Å².